The molecule has 110 valence electrons. The number of aromatic nitrogens is 1. The number of amides is 1. The van der Waals surface area contributed by atoms with Gasteiger partial charge in [-0.1, -0.05) is 19.9 Å². The van der Waals surface area contributed by atoms with E-state index in [0.717, 1.165) is 10.7 Å². The molecular formula is C15H16N2O3S. The number of nitrogens with one attached hydrogen (secondary N) is 1. The molecule has 0 unspecified atom stereocenters. The van der Waals surface area contributed by atoms with Crippen LogP contribution in [0, 0.1) is 0 Å². The van der Waals surface area contributed by atoms with Crippen LogP contribution in [0.2, 0.25) is 0 Å². The number of carbonyl (C=O) groups excluding carboxylic acids is 1. The molecule has 1 aliphatic rings. The largest absolute Gasteiger partial charge is 0.485 e. The van der Waals surface area contributed by atoms with Gasteiger partial charge in [0.1, 0.15) is 23.8 Å². The Bertz CT molecular complexity index is 667. The summed E-state index contributed by atoms with van der Waals surface area (Å²) in [4.78, 5) is 16.0. The van der Waals surface area contributed by atoms with E-state index in [1.807, 2.05) is 17.5 Å². The molecule has 6 heteroatoms. The van der Waals surface area contributed by atoms with Gasteiger partial charge in [-0.3, -0.25) is 4.79 Å². The van der Waals surface area contributed by atoms with Crippen molar-refractivity contribution >= 4 is 22.9 Å². The van der Waals surface area contributed by atoms with Crippen LogP contribution in [0.5, 0.6) is 11.5 Å². The number of benzene rings is 1. The van der Waals surface area contributed by atoms with Crippen molar-refractivity contribution in [1.82, 2.24) is 4.98 Å². The molecule has 0 radical (unpaired) electrons. The Morgan fingerprint density at radius 1 is 1.48 bits per heavy atom. The SMILES string of the molecule is CC(C)c1nc(COc2cccc3c2NC(=O)CO3)cs1. The second kappa shape index (κ2) is 5.73. The number of ether oxygens (including phenoxy) is 2. The molecule has 21 heavy (non-hydrogen) atoms. The Morgan fingerprint density at radius 3 is 3.10 bits per heavy atom. The van der Waals surface area contributed by atoms with Gasteiger partial charge in [0.15, 0.2) is 6.61 Å². The van der Waals surface area contributed by atoms with Crippen molar-refractivity contribution in [3.8, 4) is 11.5 Å². The molecule has 3 rings (SSSR count). The molecule has 2 heterocycles. The van der Waals surface area contributed by atoms with Crippen molar-refractivity contribution in [3.05, 3.63) is 34.3 Å². The zero-order valence-electron chi connectivity index (χ0n) is 11.9. The maximum atomic E-state index is 11.4. The summed E-state index contributed by atoms with van der Waals surface area (Å²) in [5, 5.41) is 5.88. The molecule has 1 amide bonds. The lowest BCUT2D eigenvalue weighted by atomic mass is 10.2. The first-order chi connectivity index (χ1) is 10.1. The summed E-state index contributed by atoms with van der Waals surface area (Å²) >= 11 is 1.64. The highest BCUT2D eigenvalue weighted by Crippen LogP contribution is 2.36. The van der Waals surface area contributed by atoms with Crippen LogP contribution in [0.1, 0.15) is 30.5 Å². The fourth-order valence-electron chi connectivity index (χ4n) is 2.00. The number of carbonyl (C=O) groups is 1. The van der Waals surface area contributed by atoms with Crippen LogP contribution in [0.25, 0.3) is 0 Å². The number of fused-ring (bicyclic) bond motifs is 1. The van der Waals surface area contributed by atoms with E-state index in [2.05, 4.69) is 24.1 Å². The summed E-state index contributed by atoms with van der Waals surface area (Å²) in [6.07, 6.45) is 0. The van der Waals surface area contributed by atoms with Crippen molar-refractivity contribution in [1.29, 1.82) is 0 Å². The lowest BCUT2D eigenvalue weighted by molar-refractivity contribution is -0.118. The Morgan fingerprint density at radius 2 is 2.33 bits per heavy atom. The van der Waals surface area contributed by atoms with Gasteiger partial charge in [-0.15, -0.1) is 11.3 Å². The first-order valence-electron chi connectivity index (χ1n) is 6.76. The quantitative estimate of drug-likeness (QED) is 0.942. The third kappa shape index (κ3) is 3.00. The molecule has 1 aromatic carbocycles. The number of nitrogens with zero attached hydrogens (tertiary/aromatic N) is 1. The van der Waals surface area contributed by atoms with Gasteiger partial charge >= 0.3 is 0 Å². The molecule has 5 nitrogen and oxygen atoms in total. The van der Waals surface area contributed by atoms with E-state index in [-0.39, 0.29) is 12.5 Å². The van der Waals surface area contributed by atoms with E-state index in [0.29, 0.717) is 29.7 Å². The summed E-state index contributed by atoms with van der Waals surface area (Å²) in [7, 11) is 0. The molecule has 1 aromatic heterocycles. The summed E-state index contributed by atoms with van der Waals surface area (Å²) in [5.74, 6) is 1.48. The van der Waals surface area contributed by atoms with Crippen LogP contribution in [0.4, 0.5) is 5.69 Å². The fraction of sp³-hybridized carbons (Fsp3) is 0.333. The second-order valence-corrected chi connectivity index (χ2v) is 5.98. The minimum atomic E-state index is -0.172. The highest BCUT2D eigenvalue weighted by Gasteiger charge is 2.20. The molecule has 1 aliphatic heterocycles. The lowest BCUT2D eigenvalue weighted by Crippen LogP contribution is -2.25. The lowest BCUT2D eigenvalue weighted by Gasteiger charge is -2.20. The van der Waals surface area contributed by atoms with Gasteiger partial charge in [0.05, 0.1) is 10.7 Å². The molecule has 0 bridgehead atoms. The first kappa shape index (κ1) is 13.9. The van der Waals surface area contributed by atoms with E-state index in [4.69, 9.17) is 9.47 Å². The van der Waals surface area contributed by atoms with Crippen LogP contribution in [-0.4, -0.2) is 17.5 Å². The smallest absolute Gasteiger partial charge is 0.262 e. The van der Waals surface area contributed by atoms with Gasteiger partial charge in [0, 0.05) is 11.3 Å². The Hall–Kier alpha value is -2.08. The third-order valence-corrected chi connectivity index (χ3v) is 4.24. The van der Waals surface area contributed by atoms with Crippen LogP contribution in [-0.2, 0) is 11.4 Å². The highest BCUT2D eigenvalue weighted by molar-refractivity contribution is 7.09. The van der Waals surface area contributed by atoms with Crippen molar-refractivity contribution in [2.45, 2.75) is 26.4 Å². The molecule has 1 N–H and O–H groups in total. The second-order valence-electron chi connectivity index (χ2n) is 5.09. The minimum Gasteiger partial charge on any atom is -0.485 e. The molecular weight excluding hydrogens is 288 g/mol. The average Bonchev–Trinajstić information content (AvgIpc) is 2.94. The van der Waals surface area contributed by atoms with Crippen LogP contribution >= 0.6 is 11.3 Å². The molecule has 0 atom stereocenters. The molecule has 0 aliphatic carbocycles. The molecule has 0 saturated carbocycles. The fourth-order valence-corrected chi connectivity index (χ4v) is 2.82. The molecule has 2 aromatic rings. The normalized spacial score (nSPS) is 13.6. The number of para-hydroxylation sites is 1. The average molecular weight is 304 g/mol. The number of rotatable bonds is 4. The molecule has 0 spiro atoms. The molecule has 0 fully saturated rings. The monoisotopic (exact) mass is 304 g/mol. The van der Waals surface area contributed by atoms with E-state index in [9.17, 15) is 4.79 Å². The summed E-state index contributed by atoms with van der Waals surface area (Å²) in [5.41, 5.74) is 1.48. The zero-order chi connectivity index (χ0) is 14.8. The minimum absolute atomic E-state index is 0.0420. The number of thiazole rings is 1. The van der Waals surface area contributed by atoms with E-state index in [1.54, 1.807) is 17.4 Å². The van der Waals surface area contributed by atoms with Gasteiger partial charge in [-0.2, -0.15) is 0 Å². The number of hydrogen-bond acceptors (Lipinski definition) is 5. The first-order valence-corrected chi connectivity index (χ1v) is 7.64. The predicted molar refractivity (Wildman–Crippen MR) is 81.1 cm³/mol. The van der Waals surface area contributed by atoms with Gasteiger partial charge in [-0.05, 0) is 12.1 Å². The summed E-state index contributed by atoms with van der Waals surface area (Å²) in [6, 6.07) is 5.46. The molecule has 0 saturated heterocycles. The number of hydrogen-bond donors (Lipinski definition) is 1. The Labute approximate surface area is 126 Å². The maximum Gasteiger partial charge on any atom is 0.262 e. The van der Waals surface area contributed by atoms with Crippen LogP contribution < -0.4 is 14.8 Å². The highest BCUT2D eigenvalue weighted by atomic mass is 32.1. The van der Waals surface area contributed by atoms with Gasteiger partial charge in [0.25, 0.3) is 5.91 Å². The van der Waals surface area contributed by atoms with Crippen molar-refractivity contribution in [2.24, 2.45) is 0 Å². The zero-order valence-corrected chi connectivity index (χ0v) is 12.7. The van der Waals surface area contributed by atoms with Gasteiger partial charge in [-0.25, -0.2) is 4.98 Å². The van der Waals surface area contributed by atoms with Crippen molar-refractivity contribution < 1.29 is 14.3 Å². The topological polar surface area (TPSA) is 60.5 Å². The van der Waals surface area contributed by atoms with Crippen molar-refractivity contribution in [2.75, 3.05) is 11.9 Å². The van der Waals surface area contributed by atoms with Crippen molar-refractivity contribution in [3.63, 3.8) is 0 Å². The summed E-state index contributed by atoms with van der Waals surface area (Å²) in [6.45, 7) is 4.64. The maximum absolute atomic E-state index is 11.4. The van der Waals surface area contributed by atoms with Gasteiger partial charge in [0.2, 0.25) is 0 Å². The van der Waals surface area contributed by atoms with Gasteiger partial charge < -0.3 is 14.8 Å². The predicted octanol–water partition coefficient (Wildman–Crippen LogP) is 3.18. The van der Waals surface area contributed by atoms with E-state index >= 15 is 0 Å². The summed E-state index contributed by atoms with van der Waals surface area (Å²) < 4.78 is 11.1. The van der Waals surface area contributed by atoms with Crippen LogP contribution in [0.3, 0.4) is 0 Å². The Balaban J connectivity index is 1.74. The van der Waals surface area contributed by atoms with Crippen LogP contribution in [0.15, 0.2) is 23.6 Å². The van der Waals surface area contributed by atoms with E-state index < -0.39 is 0 Å². The Kier molecular flexibility index (Phi) is 3.79. The standard InChI is InChI=1S/C15H16N2O3S/c1-9(2)15-16-10(8-21-15)6-19-11-4-3-5-12-14(11)17-13(18)7-20-12/h3-5,8-9H,6-7H2,1-2H3,(H,17,18). The number of anilines is 1. The van der Waals surface area contributed by atoms with E-state index in [1.165, 1.54) is 0 Å². The third-order valence-electron chi connectivity index (χ3n) is 3.05.